The summed E-state index contributed by atoms with van der Waals surface area (Å²) in [6, 6.07) is 1.38. The highest BCUT2D eigenvalue weighted by molar-refractivity contribution is 8.04. The third-order valence-corrected chi connectivity index (χ3v) is 8.39. The van der Waals surface area contributed by atoms with Gasteiger partial charge in [0.2, 0.25) is 11.8 Å². The average Bonchev–Trinajstić information content (AvgIpc) is 3.45. The summed E-state index contributed by atoms with van der Waals surface area (Å²) in [5.41, 5.74) is 2.33. The van der Waals surface area contributed by atoms with Crippen LogP contribution in [0.25, 0.3) is 0 Å². The van der Waals surface area contributed by atoms with Crippen LogP contribution in [-0.4, -0.2) is 70.9 Å². The lowest BCUT2D eigenvalue weighted by Crippen LogP contribution is -2.62. The highest BCUT2D eigenvalue weighted by atomic mass is 32.2. The zero-order valence-corrected chi connectivity index (χ0v) is 21.6. The largest absolute Gasteiger partial charge is 0.475 e. The molecule has 3 N–H and O–H groups in total. The summed E-state index contributed by atoms with van der Waals surface area (Å²) in [5.74, 6) is 0.152. The number of hydrogen-bond acceptors (Lipinski definition) is 7. The number of carbonyl (C=O) groups is 3. The van der Waals surface area contributed by atoms with Gasteiger partial charge in [0.1, 0.15) is 0 Å². The number of carbonyl (C=O) groups excluding carboxylic acids is 3. The maximum absolute atomic E-state index is 13.4. The van der Waals surface area contributed by atoms with Crippen molar-refractivity contribution in [2.24, 2.45) is 5.92 Å². The zero-order valence-electron chi connectivity index (χ0n) is 20.7. The molecule has 1 aromatic heterocycles. The number of aryl methyl sites for hydroxylation is 1. The molecule has 0 aromatic carbocycles. The number of ether oxygens (including phenoxy) is 1. The molecule has 36 heavy (non-hydrogen) atoms. The lowest BCUT2D eigenvalue weighted by atomic mass is 9.86. The van der Waals surface area contributed by atoms with Gasteiger partial charge in [0.15, 0.2) is 0 Å². The molecule has 4 aliphatic heterocycles. The van der Waals surface area contributed by atoms with Crippen LogP contribution in [0.15, 0.2) is 35.5 Å². The highest BCUT2D eigenvalue weighted by Gasteiger charge is 2.52. The van der Waals surface area contributed by atoms with Gasteiger partial charge >= 0.3 is 6.03 Å². The molecule has 4 aliphatic rings. The van der Waals surface area contributed by atoms with Crippen molar-refractivity contribution in [2.45, 2.75) is 57.2 Å². The van der Waals surface area contributed by atoms with Crippen molar-refractivity contribution in [3.63, 3.8) is 0 Å². The monoisotopic (exact) mass is 512 g/mol. The van der Waals surface area contributed by atoms with Gasteiger partial charge in [-0.25, -0.2) is 9.78 Å². The second-order valence-electron chi connectivity index (χ2n) is 9.84. The minimum Gasteiger partial charge on any atom is -0.475 e. The smallest absolute Gasteiger partial charge is 0.326 e. The number of pyridine rings is 1. The zero-order chi connectivity index (χ0) is 25.6. The predicted molar refractivity (Wildman–Crippen MR) is 137 cm³/mol. The Bertz CT molecular complexity index is 1140. The Labute approximate surface area is 214 Å². The van der Waals surface area contributed by atoms with E-state index < -0.39 is 0 Å². The van der Waals surface area contributed by atoms with Crippen molar-refractivity contribution in [3.8, 4) is 5.88 Å². The van der Waals surface area contributed by atoms with E-state index in [-0.39, 0.29) is 47.3 Å². The van der Waals surface area contributed by atoms with Crippen molar-refractivity contribution in [2.75, 3.05) is 24.5 Å². The summed E-state index contributed by atoms with van der Waals surface area (Å²) < 4.78 is 5.71. The molecule has 192 valence electrons. The molecule has 4 atom stereocenters. The number of thioether (sulfide) groups is 1. The van der Waals surface area contributed by atoms with Crippen molar-refractivity contribution in [3.05, 3.63) is 41.1 Å². The topological polar surface area (TPSA) is 116 Å². The van der Waals surface area contributed by atoms with Gasteiger partial charge < -0.3 is 25.6 Å². The maximum Gasteiger partial charge on any atom is 0.326 e. The summed E-state index contributed by atoms with van der Waals surface area (Å²) >= 11 is 1.47. The fourth-order valence-corrected chi connectivity index (χ4v) is 6.84. The third-order valence-electron chi connectivity index (χ3n) is 7.03. The van der Waals surface area contributed by atoms with Crippen LogP contribution >= 0.6 is 11.8 Å². The summed E-state index contributed by atoms with van der Waals surface area (Å²) in [4.78, 5) is 47.1. The molecular formula is C25H32N6O4S. The second-order valence-corrected chi connectivity index (χ2v) is 11.0. The molecular weight excluding hydrogens is 480 g/mol. The van der Waals surface area contributed by atoms with Crippen LogP contribution in [0.4, 0.5) is 10.5 Å². The molecule has 3 saturated heterocycles. The minimum absolute atomic E-state index is 0.00812. The van der Waals surface area contributed by atoms with E-state index in [0.29, 0.717) is 36.0 Å². The van der Waals surface area contributed by atoms with Gasteiger partial charge in [0.05, 0.1) is 34.3 Å². The number of nitrogens with zero attached hydrogens (tertiary/aromatic N) is 3. The molecule has 0 saturated carbocycles. The number of piperidine rings is 1. The fraction of sp³-hybridized carbons (Fsp3) is 0.520. The quantitative estimate of drug-likeness (QED) is 0.499. The first kappa shape index (κ1) is 24.6. The van der Waals surface area contributed by atoms with E-state index in [9.17, 15) is 14.4 Å². The van der Waals surface area contributed by atoms with E-state index >= 15 is 0 Å². The summed E-state index contributed by atoms with van der Waals surface area (Å²) in [6.07, 6.45) is 4.45. The van der Waals surface area contributed by atoms with E-state index in [1.54, 1.807) is 16.0 Å². The minimum atomic E-state index is -0.259. The number of amides is 4. The highest BCUT2D eigenvalue weighted by Crippen LogP contribution is 2.48. The molecule has 3 fully saturated rings. The molecule has 0 spiro atoms. The Kier molecular flexibility index (Phi) is 6.69. The van der Waals surface area contributed by atoms with Gasteiger partial charge in [-0.2, -0.15) is 0 Å². The average molecular weight is 513 g/mol. The molecule has 5 rings (SSSR count). The van der Waals surface area contributed by atoms with E-state index in [1.807, 2.05) is 26.8 Å². The third kappa shape index (κ3) is 4.45. The van der Waals surface area contributed by atoms with Crippen LogP contribution in [0.3, 0.4) is 0 Å². The van der Waals surface area contributed by atoms with Gasteiger partial charge in [0, 0.05) is 36.8 Å². The van der Waals surface area contributed by atoms with Crippen LogP contribution in [0.5, 0.6) is 5.88 Å². The summed E-state index contributed by atoms with van der Waals surface area (Å²) in [5, 5.41) is 9.60. The lowest BCUT2D eigenvalue weighted by molar-refractivity contribution is -0.125. The van der Waals surface area contributed by atoms with E-state index in [1.165, 1.54) is 17.8 Å². The van der Waals surface area contributed by atoms with Crippen molar-refractivity contribution in [1.82, 2.24) is 25.8 Å². The number of likely N-dealkylation sites (tertiary alicyclic amines) is 1. The van der Waals surface area contributed by atoms with Gasteiger partial charge in [0.25, 0.3) is 5.91 Å². The van der Waals surface area contributed by atoms with E-state index in [4.69, 9.17) is 4.74 Å². The Hall–Kier alpha value is -3.05. The Balaban J connectivity index is 1.37. The van der Waals surface area contributed by atoms with Crippen molar-refractivity contribution in [1.29, 1.82) is 0 Å². The molecule has 4 amide bonds. The number of aromatic nitrogens is 1. The Morgan fingerprint density at radius 1 is 1.36 bits per heavy atom. The van der Waals surface area contributed by atoms with Crippen LogP contribution in [0.1, 0.15) is 32.3 Å². The molecule has 0 bridgehead atoms. The SMILES string of the molecule is C=CC(=O)N1CC[C@@H](NC(=O)C2=C3NC(=O)N(c4cnc(OC(C)C)cc4C)C4CCNC(S2)C34)C1. The first-order valence-corrected chi connectivity index (χ1v) is 13.2. The second kappa shape index (κ2) is 9.78. The molecule has 1 aromatic rings. The molecule has 3 unspecified atom stereocenters. The number of nitrogens with one attached hydrogen (secondary N) is 3. The first-order chi connectivity index (χ1) is 17.3. The van der Waals surface area contributed by atoms with Crippen molar-refractivity contribution < 1.29 is 19.1 Å². The van der Waals surface area contributed by atoms with Gasteiger partial charge in [-0.1, -0.05) is 18.3 Å². The molecule has 5 heterocycles. The van der Waals surface area contributed by atoms with Crippen LogP contribution in [0, 0.1) is 12.8 Å². The summed E-state index contributed by atoms with van der Waals surface area (Å²) in [7, 11) is 0. The number of rotatable bonds is 6. The van der Waals surface area contributed by atoms with Gasteiger partial charge in [-0.05, 0) is 51.8 Å². The van der Waals surface area contributed by atoms with E-state index in [2.05, 4.69) is 27.5 Å². The van der Waals surface area contributed by atoms with Gasteiger partial charge in [-0.15, -0.1) is 0 Å². The Morgan fingerprint density at radius 2 is 2.17 bits per heavy atom. The number of hydrogen-bond donors (Lipinski definition) is 3. The Morgan fingerprint density at radius 3 is 2.89 bits per heavy atom. The normalized spacial score (nSPS) is 27.2. The van der Waals surface area contributed by atoms with Gasteiger partial charge in [-0.3, -0.25) is 14.5 Å². The number of anilines is 1. The predicted octanol–water partition coefficient (Wildman–Crippen LogP) is 1.87. The molecule has 0 aliphatic carbocycles. The van der Waals surface area contributed by atoms with Crippen molar-refractivity contribution >= 4 is 35.3 Å². The molecule has 11 heteroatoms. The van der Waals surface area contributed by atoms with Crippen LogP contribution < -0.4 is 25.6 Å². The lowest BCUT2D eigenvalue weighted by Gasteiger charge is -2.46. The first-order valence-electron chi connectivity index (χ1n) is 12.4. The maximum atomic E-state index is 13.4. The fourth-order valence-electron chi connectivity index (χ4n) is 5.44. The molecule has 10 nitrogen and oxygen atoms in total. The van der Waals surface area contributed by atoms with Crippen LogP contribution in [0.2, 0.25) is 0 Å². The summed E-state index contributed by atoms with van der Waals surface area (Å²) in [6.45, 7) is 11.2. The molecule has 0 radical (unpaired) electrons. The number of urea groups is 1. The van der Waals surface area contributed by atoms with E-state index in [0.717, 1.165) is 24.2 Å². The van der Waals surface area contributed by atoms with Crippen LogP contribution in [-0.2, 0) is 9.59 Å². The standard InChI is InChI=1S/C25H32N6O4S/c1-5-19(32)30-9-7-15(12-30)28-23(33)22-21-20-16(6-8-26-24(20)36-22)31(25(34)29-21)17-11-27-18(10-14(17)4)35-13(2)3/h5,10-11,13,15-16,20,24,26H,1,6-9,12H2,2-4H3,(H,28,33)(H,29,34)/t15-,16?,20?,24?/m1/s1.